The number of aromatic nitrogens is 4. The van der Waals surface area contributed by atoms with Crippen molar-refractivity contribution in [1.29, 1.82) is 0 Å². The molecule has 26 heavy (non-hydrogen) atoms. The molecule has 0 unspecified atom stereocenters. The number of nitrogens with zero attached hydrogens (tertiary/aromatic N) is 4. The van der Waals surface area contributed by atoms with Gasteiger partial charge in [-0.25, -0.2) is 4.68 Å². The smallest absolute Gasteiger partial charge is 0.262 e. The minimum absolute atomic E-state index is 0.0604. The molecular formula is C19H21N5O2. The molecule has 0 aliphatic rings. The maximum atomic E-state index is 12.2. The largest absolute Gasteiger partial charge is 0.484 e. The lowest BCUT2D eigenvalue weighted by molar-refractivity contribution is -0.118. The maximum Gasteiger partial charge on any atom is 0.262 e. The lowest BCUT2D eigenvalue weighted by atomic mass is 10.0. The number of hydrogen-bond acceptors (Lipinski definition) is 5. The molecule has 2 aromatic carbocycles. The first kappa shape index (κ1) is 17.6. The van der Waals surface area contributed by atoms with E-state index < -0.39 is 0 Å². The average molecular weight is 351 g/mol. The van der Waals surface area contributed by atoms with E-state index in [2.05, 4.69) is 34.7 Å². The third-order valence-corrected chi connectivity index (χ3v) is 4.01. The van der Waals surface area contributed by atoms with Crippen LogP contribution in [0.4, 0.5) is 5.69 Å². The molecule has 0 aliphatic heterocycles. The Hall–Kier alpha value is -3.22. The lowest BCUT2D eigenvalue weighted by Gasteiger charge is -2.11. The summed E-state index contributed by atoms with van der Waals surface area (Å²) in [4.78, 5) is 12.2. The second kappa shape index (κ2) is 7.77. The molecule has 1 heterocycles. The Morgan fingerprint density at radius 1 is 1.19 bits per heavy atom. The Kier molecular flexibility index (Phi) is 5.26. The molecule has 7 heteroatoms. The highest BCUT2D eigenvalue weighted by Gasteiger charge is 2.08. The van der Waals surface area contributed by atoms with Crippen LogP contribution in [0.2, 0.25) is 0 Å². The van der Waals surface area contributed by atoms with Gasteiger partial charge >= 0.3 is 0 Å². The summed E-state index contributed by atoms with van der Waals surface area (Å²) in [5.74, 6) is 0.899. The van der Waals surface area contributed by atoms with Crippen molar-refractivity contribution in [3.05, 3.63) is 59.9 Å². The van der Waals surface area contributed by atoms with Gasteiger partial charge in [0.1, 0.15) is 12.1 Å². The average Bonchev–Trinajstić information content (AvgIpc) is 3.16. The van der Waals surface area contributed by atoms with Crippen molar-refractivity contribution in [2.75, 3.05) is 11.9 Å². The second-order valence-electron chi connectivity index (χ2n) is 6.32. The van der Waals surface area contributed by atoms with Crippen LogP contribution in [0.25, 0.3) is 5.69 Å². The standard InChI is InChI=1S/C19H21N5O2/c1-13(2)15-5-8-17(9-6-15)26-11-19(25)21-16-7-4-14(3)18(10-16)24-12-20-22-23-24/h4-10,12-13H,11H2,1-3H3,(H,21,25). The summed E-state index contributed by atoms with van der Waals surface area (Å²) in [6.07, 6.45) is 1.51. The van der Waals surface area contributed by atoms with Gasteiger partial charge in [0.05, 0.1) is 5.69 Å². The van der Waals surface area contributed by atoms with Crippen molar-refractivity contribution < 1.29 is 9.53 Å². The summed E-state index contributed by atoms with van der Waals surface area (Å²) in [6.45, 7) is 6.16. The molecule has 0 bridgehead atoms. The molecule has 0 spiro atoms. The summed E-state index contributed by atoms with van der Waals surface area (Å²) >= 11 is 0. The van der Waals surface area contributed by atoms with E-state index in [1.807, 2.05) is 49.4 Å². The molecule has 0 atom stereocenters. The van der Waals surface area contributed by atoms with Gasteiger partial charge in [-0.3, -0.25) is 4.79 Å². The second-order valence-corrected chi connectivity index (χ2v) is 6.32. The lowest BCUT2D eigenvalue weighted by Crippen LogP contribution is -2.20. The van der Waals surface area contributed by atoms with Gasteiger partial charge in [0.2, 0.25) is 0 Å². The van der Waals surface area contributed by atoms with Crippen molar-refractivity contribution in [3.8, 4) is 11.4 Å². The molecule has 0 saturated carbocycles. The Bertz CT molecular complexity index is 873. The fraction of sp³-hybridized carbons (Fsp3) is 0.263. The maximum absolute atomic E-state index is 12.2. The van der Waals surface area contributed by atoms with Gasteiger partial charge < -0.3 is 10.1 Å². The van der Waals surface area contributed by atoms with Gasteiger partial charge in [-0.2, -0.15) is 0 Å². The van der Waals surface area contributed by atoms with Crippen LogP contribution < -0.4 is 10.1 Å². The monoisotopic (exact) mass is 351 g/mol. The molecular weight excluding hydrogens is 330 g/mol. The number of hydrogen-bond donors (Lipinski definition) is 1. The number of rotatable bonds is 6. The number of carbonyl (C=O) groups excluding carboxylic acids is 1. The fourth-order valence-electron chi connectivity index (χ4n) is 2.50. The summed E-state index contributed by atoms with van der Waals surface area (Å²) in [5, 5.41) is 14.0. The van der Waals surface area contributed by atoms with Crippen LogP contribution in [0.5, 0.6) is 5.75 Å². The van der Waals surface area contributed by atoms with E-state index >= 15 is 0 Å². The highest BCUT2D eigenvalue weighted by molar-refractivity contribution is 5.92. The fourth-order valence-corrected chi connectivity index (χ4v) is 2.50. The van der Waals surface area contributed by atoms with Gasteiger partial charge in [-0.15, -0.1) is 5.10 Å². The van der Waals surface area contributed by atoms with Crippen molar-refractivity contribution in [3.63, 3.8) is 0 Å². The van der Waals surface area contributed by atoms with Crippen molar-refractivity contribution in [1.82, 2.24) is 20.2 Å². The molecule has 0 saturated heterocycles. The minimum Gasteiger partial charge on any atom is -0.484 e. The van der Waals surface area contributed by atoms with Gasteiger partial charge in [-0.1, -0.05) is 32.0 Å². The van der Waals surface area contributed by atoms with E-state index in [9.17, 15) is 4.79 Å². The van der Waals surface area contributed by atoms with Crippen LogP contribution in [0, 0.1) is 6.92 Å². The summed E-state index contributed by atoms with van der Waals surface area (Å²) in [7, 11) is 0. The molecule has 1 aromatic heterocycles. The third-order valence-electron chi connectivity index (χ3n) is 4.01. The SMILES string of the molecule is Cc1ccc(NC(=O)COc2ccc(C(C)C)cc2)cc1-n1cnnn1. The quantitative estimate of drug-likeness (QED) is 0.738. The first-order chi connectivity index (χ1) is 12.5. The Morgan fingerprint density at radius 3 is 2.62 bits per heavy atom. The number of benzene rings is 2. The normalized spacial score (nSPS) is 10.8. The predicted molar refractivity (Wildman–Crippen MR) is 98.5 cm³/mol. The molecule has 0 radical (unpaired) electrons. The Labute approximate surface area is 152 Å². The van der Waals surface area contributed by atoms with E-state index in [4.69, 9.17) is 4.74 Å². The number of anilines is 1. The molecule has 134 valence electrons. The van der Waals surface area contributed by atoms with Crippen molar-refractivity contribution >= 4 is 11.6 Å². The van der Waals surface area contributed by atoms with E-state index in [1.54, 1.807) is 4.68 Å². The van der Waals surface area contributed by atoms with Crippen LogP contribution in [-0.2, 0) is 4.79 Å². The Balaban J connectivity index is 1.60. The molecule has 1 N–H and O–H groups in total. The van der Waals surface area contributed by atoms with E-state index in [0.29, 0.717) is 17.4 Å². The highest BCUT2D eigenvalue weighted by atomic mass is 16.5. The molecule has 3 rings (SSSR count). The van der Waals surface area contributed by atoms with Crippen LogP contribution in [0.3, 0.4) is 0 Å². The third kappa shape index (κ3) is 4.24. The van der Waals surface area contributed by atoms with Crippen molar-refractivity contribution in [2.24, 2.45) is 0 Å². The first-order valence-corrected chi connectivity index (χ1v) is 8.39. The van der Waals surface area contributed by atoms with Gasteiger partial charge in [-0.05, 0) is 58.7 Å². The van der Waals surface area contributed by atoms with E-state index in [-0.39, 0.29) is 12.5 Å². The first-order valence-electron chi connectivity index (χ1n) is 8.39. The molecule has 3 aromatic rings. The van der Waals surface area contributed by atoms with Crippen LogP contribution in [-0.4, -0.2) is 32.7 Å². The predicted octanol–water partition coefficient (Wildman–Crippen LogP) is 3.11. The highest BCUT2D eigenvalue weighted by Crippen LogP contribution is 2.20. The van der Waals surface area contributed by atoms with Crippen LogP contribution in [0.15, 0.2) is 48.8 Å². The van der Waals surface area contributed by atoms with Gasteiger partial charge in [0, 0.05) is 5.69 Å². The summed E-state index contributed by atoms with van der Waals surface area (Å²) in [5.41, 5.74) is 3.69. The summed E-state index contributed by atoms with van der Waals surface area (Å²) < 4.78 is 7.10. The zero-order chi connectivity index (χ0) is 18.5. The van der Waals surface area contributed by atoms with Gasteiger partial charge in [0.25, 0.3) is 5.91 Å². The number of nitrogens with one attached hydrogen (secondary N) is 1. The van der Waals surface area contributed by atoms with Gasteiger partial charge in [0.15, 0.2) is 6.61 Å². The summed E-state index contributed by atoms with van der Waals surface area (Å²) in [6, 6.07) is 13.3. The molecule has 1 amide bonds. The molecule has 0 fully saturated rings. The van der Waals surface area contributed by atoms with Crippen LogP contribution >= 0.6 is 0 Å². The number of tetrazole rings is 1. The number of aryl methyl sites for hydroxylation is 1. The zero-order valence-corrected chi connectivity index (χ0v) is 15.0. The topological polar surface area (TPSA) is 81.9 Å². The number of ether oxygens (including phenoxy) is 1. The number of carbonyl (C=O) groups is 1. The van der Waals surface area contributed by atoms with Crippen molar-refractivity contribution in [2.45, 2.75) is 26.7 Å². The van der Waals surface area contributed by atoms with E-state index in [0.717, 1.165) is 11.3 Å². The molecule has 0 aliphatic carbocycles. The zero-order valence-electron chi connectivity index (χ0n) is 15.0. The van der Waals surface area contributed by atoms with Crippen LogP contribution in [0.1, 0.15) is 30.9 Å². The minimum atomic E-state index is -0.232. The van der Waals surface area contributed by atoms with E-state index in [1.165, 1.54) is 11.9 Å². The number of amides is 1. The Morgan fingerprint density at radius 2 is 1.96 bits per heavy atom. The molecule has 7 nitrogen and oxygen atoms in total.